The van der Waals surface area contributed by atoms with Crippen molar-refractivity contribution in [2.75, 3.05) is 30.9 Å². The maximum absolute atomic E-state index is 13.5. The van der Waals surface area contributed by atoms with Crippen molar-refractivity contribution in [1.82, 2.24) is 4.98 Å². The van der Waals surface area contributed by atoms with Crippen LogP contribution in [0.15, 0.2) is 42.6 Å². The molecule has 0 atom stereocenters. The smallest absolute Gasteiger partial charge is 0.228 e. The van der Waals surface area contributed by atoms with Gasteiger partial charge in [0, 0.05) is 13.7 Å². The van der Waals surface area contributed by atoms with E-state index < -0.39 is 0 Å². The number of hydrogen-bond acceptors (Lipinski definition) is 4. The molecule has 1 aromatic heterocycles. The number of hydrogen-bond donors (Lipinski definition) is 2. The van der Waals surface area contributed by atoms with Crippen LogP contribution >= 0.6 is 0 Å². The Morgan fingerprint density at radius 2 is 2.09 bits per heavy atom. The lowest BCUT2D eigenvalue weighted by molar-refractivity contribution is -0.115. The molecule has 0 aliphatic carbocycles. The first-order valence-corrected chi connectivity index (χ1v) is 6.91. The number of rotatable bonds is 7. The van der Waals surface area contributed by atoms with Gasteiger partial charge in [0.15, 0.2) is 0 Å². The molecule has 0 saturated heterocycles. The molecule has 116 valence electrons. The van der Waals surface area contributed by atoms with Gasteiger partial charge in [0.2, 0.25) is 5.91 Å². The highest BCUT2D eigenvalue weighted by Crippen LogP contribution is 2.12. The van der Waals surface area contributed by atoms with Gasteiger partial charge >= 0.3 is 0 Å². The number of nitrogens with one attached hydrogen (secondary N) is 2. The molecule has 0 aliphatic rings. The minimum Gasteiger partial charge on any atom is -0.383 e. The third-order valence-electron chi connectivity index (χ3n) is 2.97. The number of pyridine rings is 1. The van der Waals surface area contributed by atoms with Crippen LogP contribution in [0.2, 0.25) is 0 Å². The van der Waals surface area contributed by atoms with E-state index in [1.165, 1.54) is 6.07 Å². The van der Waals surface area contributed by atoms with Crippen molar-refractivity contribution in [3.05, 3.63) is 54.0 Å². The monoisotopic (exact) mass is 303 g/mol. The van der Waals surface area contributed by atoms with E-state index in [4.69, 9.17) is 4.74 Å². The van der Waals surface area contributed by atoms with E-state index in [0.717, 1.165) is 0 Å². The minimum atomic E-state index is -0.381. The van der Waals surface area contributed by atoms with Crippen molar-refractivity contribution in [1.29, 1.82) is 0 Å². The summed E-state index contributed by atoms with van der Waals surface area (Å²) in [6.45, 7) is 1.24. The van der Waals surface area contributed by atoms with E-state index in [1.807, 2.05) is 0 Å². The molecular formula is C16H18FN3O2. The molecule has 0 spiro atoms. The third kappa shape index (κ3) is 4.82. The van der Waals surface area contributed by atoms with Crippen LogP contribution in [0, 0.1) is 5.82 Å². The number of carbonyl (C=O) groups excluding carboxylic acids is 1. The van der Waals surface area contributed by atoms with Crippen LogP contribution in [-0.2, 0) is 16.0 Å². The van der Waals surface area contributed by atoms with Gasteiger partial charge in [-0.25, -0.2) is 9.37 Å². The number of nitrogens with zero attached hydrogens (tertiary/aromatic N) is 1. The molecule has 1 amide bonds. The van der Waals surface area contributed by atoms with Gasteiger partial charge in [0.05, 0.1) is 24.9 Å². The SMILES string of the molecule is COCCNc1ccc(NC(=O)Cc2ccccc2F)cn1. The maximum Gasteiger partial charge on any atom is 0.228 e. The van der Waals surface area contributed by atoms with Gasteiger partial charge in [-0.1, -0.05) is 18.2 Å². The molecule has 22 heavy (non-hydrogen) atoms. The first-order valence-electron chi connectivity index (χ1n) is 6.91. The molecular weight excluding hydrogens is 285 g/mol. The second-order valence-corrected chi connectivity index (χ2v) is 4.67. The van der Waals surface area contributed by atoms with Crippen molar-refractivity contribution in [2.45, 2.75) is 6.42 Å². The van der Waals surface area contributed by atoms with E-state index >= 15 is 0 Å². The van der Waals surface area contributed by atoms with Crippen molar-refractivity contribution in [2.24, 2.45) is 0 Å². The van der Waals surface area contributed by atoms with Crippen molar-refractivity contribution < 1.29 is 13.9 Å². The number of methoxy groups -OCH3 is 1. The molecule has 2 aromatic rings. The first kappa shape index (κ1) is 15.9. The van der Waals surface area contributed by atoms with Crippen LogP contribution in [0.5, 0.6) is 0 Å². The summed E-state index contributed by atoms with van der Waals surface area (Å²) < 4.78 is 18.4. The van der Waals surface area contributed by atoms with Gasteiger partial charge in [-0.15, -0.1) is 0 Å². The molecule has 0 fully saturated rings. The van der Waals surface area contributed by atoms with Crippen molar-refractivity contribution in [3.63, 3.8) is 0 Å². The molecule has 2 rings (SSSR count). The summed E-state index contributed by atoms with van der Waals surface area (Å²) in [6, 6.07) is 9.72. The number of halogens is 1. The Balaban J connectivity index is 1.88. The highest BCUT2D eigenvalue weighted by molar-refractivity contribution is 5.92. The molecule has 0 aliphatic heterocycles. The highest BCUT2D eigenvalue weighted by atomic mass is 19.1. The topological polar surface area (TPSA) is 63.2 Å². The number of ether oxygens (including phenoxy) is 1. The molecule has 0 radical (unpaired) electrons. The van der Waals surface area contributed by atoms with E-state index in [9.17, 15) is 9.18 Å². The average Bonchev–Trinajstić information content (AvgIpc) is 2.51. The van der Waals surface area contributed by atoms with E-state index in [-0.39, 0.29) is 18.1 Å². The lowest BCUT2D eigenvalue weighted by Crippen LogP contribution is -2.15. The largest absolute Gasteiger partial charge is 0.383 e. The number of benzene rings is 1. The van der Waals surface area contributed by atoms with Gasteiger partial charge in [0.1, 0.15) is 11.6 Å². The molecule has 5 nitrogen and oxygen atoms in total. The molecule has 1 aromatic carbocycles. The molecule has 1 heterocycles. The van der Waals surface area contributed by atoms with Crippen LogP contribution in [0.3, 0.4) is 0 Å². The molecule has 2 N–H and O–H groups in total. The lowest BCUT2D eigenvalue weighted by atomic mass is 10.1. The third-order valence-corrected chi connectivity index (χ3v) is 2.97. The summed E-state index contributed by atoms with van der Waals surface area (Å²) in [6.07, 6.45) is 1.54. The van der Waals surface area contributed by atoms with Gasteiger partial charge in [-0.2, -0.15) is 0 Å². The zero-order valence-corrected chi connectivity index (χ0v) is 12.3. The van der Waals surface area contributed by atoms with Crippen LogP contribution in [0.25, 0.3) is 0 Å². The molecule has 6 heteroatoms. The normalized spacial score (nSPS) is 10.3. The fourth-order valence-corrected chi connectivity index (χ4v) is 1.87. The maximum atomic E-state index is 13.5. The number of carbonyl (C=O) groups is 1. The Labute approximate surface area is 128 Å². The zero-order valence-electron chi connectivity index (χ0n) is 12.3. The van der Waals surface area contributed by atoms with Crippen LogP contribution < -0.4 is 10.6 Å². The Morgan fingerprint density at radius 3 is 2.77 bits per heavy atom. The van der Waals surface area contributed by atoms with Gasteiger partial charge in [-0.3, -0.25) is 4.79 Å². The Morgan fingerprint density at radius 1 is 1.27 bits per heavy atom. The fraction of sp³-hybridized carbons (Fsp3) is 0.250. The number of amides is 1. The summed E-state index contributed by atoms with van der Waals surface area (Å²) in [5, 5.41) is 5.77. The number of aromatic nitrogens is 1. The van der Waals surface area contributed by atoms with Crippen LogP contribution in [0.1, 0.15) is 5.56 Å². The van der Waals surface area contributed by atoms with Crippen LogP contribution in [-0.4, -0.2) is 31.2 Å². The summed E-state index contributed by atoms with van der Waals surface area (Å²) in [4.78, 5) is 16.1. The van der Waals surface area contributed by atoms with Gasteiger partial charge in [-0.05, 0) is 23.8 Å². The summed E-state index contributed by atoms with van der Waals surface area (Å²) >= 11 is 0. The molecule has 0 saturated carbocycles. The van der Waals surface area contributed by atoms with Crippen molar-refractivity contribution >= 4 is 17.4 Å². The number of anilines is 2. The second kappa shape index (κ2) is 8.09. The summed E-state index contributed by atoms with van der Waals surface area (Å²) in [7, 11) is 1.63. The predicted octanol–water partition coefficient (Wildman–Crippen LogP) is 2.46. The Bertz CT molecular complexity index is 617. The Kier molecular flexibility index (Phi) is 5.85. The minimum absolute atomic E-state index is 0.0134. The van der Waals surface area contributed by atoms with E-state index in [2.05, 4.69) is 15.6 Å². The zero-order chi connectivity index (χ0) is 15.8. The van der Waals surface area contributed by atoms with E-state index in [1.54, 1.807) is 43.6 Å². The van der Waals surface area contributed by atoms with Crippen molar-refractivity contribution in [3.8, 4) is 0 Å². The first-order chi connectivity index (χ1) is 10.7. The summed E-state index contributed by atoms with van der Waals surface area (Å²) in [5.74, 6) is 0.0320. The molecule has 0 unspecified atom stereocenters. The van der Waals surface area contributed by atoms with Crippen LogP contribution in [0.4, 0.5) is 15.9 Å². The quantitative estimate of drug-likeness (QED) is 0.771. The van der Waals surface area contributed by atoms with Gasteiger partial charge < -0.3 is 15.4 Å². The Hall–Kier alpha value is -2.47. The lowest BCUT2D eigenvalue weighted by Gasteiger charge is -2.08. The predicted molar refractivity (Wildman–Crippen MR) is 83.3 cm³/mol. The second-order valence-electron chi connectivity index (χ2n) is 4.67. The highest BCUT2D eigenvalue weighted by Gasteiger charge is 2.08. The van der Waals surface area contributed by atoms with Gasteiger partial charge in [0.25, 0.3) is 0 Å². The van der Waals surface area contributed by atoms with E-state index in [0.29, 0.717) is 30.2 Å². The summed E-state index contributed by atoms with van der Waals surface area (Å²) in [5.41, 5.74) is 0.935. The standard InChI is InChI=1S/C16H18FN3O2/c1-22-9-8-18-15-7-6-13(11-19-15)20-16(21)10-12-4-2-3-5-14(12)17/h2-7,11H,8-10H2,1H3,(H,18,19)(H,20,21). The average molecular weight is 303 g/mol. The molecule has 0 bridgehead atoms. The fourth-order valence-electron chi connectivity index (χ4n) is 1.87.